The molecule has 1 aromatic heterocycles. The lowest BCUT2D eigenvalue weighted by atomic mass is 9.84. The van der Waals surface area contributed by atoms with E-state index in [2.05, 4.69) is 22.4 Å². The van der Waals surface area contributed by atoms with E-state index in [0.29, 0.717) is 24.5 Å². The molecular formula is C22H35N5O4S. The minimum atomic E-state index is -3.53. The first-order chi connectivity index (χ1) is 15.3. The van der Waals surface area contributed by atoms with Crippen LogP contribution >= 0.6 is 0 Å². The number of hydrogen-bond acceptors (Lipinski definition) is 6. The van der Waals surface area contributed by atoms with E-state index in [1.807, 2.05) is 0 Å². The zero-order chi connectivity index (χ0) is 22.5. The monoisotopic (exact) mass is 465 g/mol. The Morgan fingerprint density at radius 1 is 1.12 bits per heavy atom. The smallest absolute Gasteiger partial charge is 0.282 e. The van der Waals surface area contributed by atoms with Crippen LogP contribution in [-0.4, -0.2) is 84.3 Å². The number of carbonyl (C=O) groups excluding carboxylic acids is 1. The van der Waals surface area contributed by atoms with Crippen molar-refractivity contribution in [3.63, 3.8) is 0 Å². The first-order valence-electron chi connectivity index (χ1n) is 12.1. The maximum Gasteiger partial charge on any atom is 0.282 e. The molecule has 1 aliphatic carbocycles. The third kappa shape index (κ3) is 4.34. The normalized spacial score (nSPS) is 30.5. The molecule has 3 saturated heterocycles. The van der Waals surface area contributed by atoms with Gasteiger partial charge in [-0.05, 0) is 71.5 Å². The van der Waals surface area contributed by atoms with Gasteiger partial charge < -0.3 is 14.7 Å². The van der Waals surface area contributed by atoms with Gasteiger partial charge in [0.2, 0.25) is 0 Å². The van der Waals surface area contributed by atoms with Gasteiger partial charge in [0.05, 0.1) is 0 Å². The molecule has 32 heavy (non-hydrogen) atoms. The van der Waals surface area contributed by atoms with Gasteiger partial charge in [-0.1, -0.05) is 11.6 Å². The highest BCUT2D eigenvalue weighted by molar-refractivity contribution is 7.86. The van der Waals surface area contributed by atoms with Gasteiger partial charge in [0, 0.05) is 43.2 Å². The Bertz CT molecular complexity index is 924. The summed E-state index contributed by atoms with van der Waals surface area (Å²) in [5.41, 5.74) is 0.328. The number of nitrogens with one attached hydrogen (secondary N) is 1. The molecule has 0 aromatic carbocycles. The van der Waals surface area contributed by atoms with Gasteiger partial charge in [-0.25, -0.2) is 0 Å². The van der Waals surface area contributed by atoms with Gasteiger partial charge in [0.15, 0.2) is 5.69 Å². The summed E-state index contributed by atoms with van der Waals surface area (Å²) < 4.78 is 36.0. The molecule has 0 radical (unpaired) electrons. The van der Waals surface area contributed by atoms with Crippen molar-refractivity contribution >= 4 is 16.1 Å². The predicted molar refractivity (Wildman–Crippen MR) is 119 cm³/mol. The summed E-state index contributed by atoms with van der Waals surface area (Å²) in [5.74, 6) is 0.992. The molecule has 1 saturated carbocycles. The van der Waals surface area contributed by atoms with Crippen LogP contribution < -0.4 is 5.32 Å². The number of piperidine rings is 3. The van der Waals surface area contributed by atoms with Crippen molar-refractivity contribution in [2.45, 2.75) is 87.9 Å². The van der Waals surface area contributed by atoms with Gasteiger partial charge in [-0.2, -0.15) is 17.0 Å². The number of fused-ring (bicyclic) bond motifs is 2. The van der Waals surface area contributed by atoms with Crippen molar-refractivity contribution in [3.8, 4) is 0 Å². The summed E-state index contributed by atoms with van der Waals surface area (Å²) in [5, 5.41) is 7.05. The summed E-state index contributed by atoms with van der Waals surface area (Å²) in [6.07, 6.45) is 7.96. The highest BCUT2D eigenvalue weighted by Gasteiger charge is 2.47. The van der Waals surface area contributed by atoms with E-state index in [1.165, 1.54) is 0 Å². The molecule has 4 aliphatic rings. The molecule has 3 aliphatic heterocycles. The molecule has 2 bridgehead atoms. The van der Waals surface area contributed by atoms with Crippen LogP contribution in [0.15, 0.2) is 10.6 Å². The van der Waals surface area contributed by atoms with Crippen molar-refractivity contribution in [1.82, 2.24) is 24.0 Å². The van der Waals surface area contributed by atoms with Crippen molar-refractivity contribution in [1.29, 1.82) is 0 Å². The molecule has 1 amide bonds. The van der Waals surface area contributed by atoms with Crippen molar-refractivity contribution in [2.75, 3.05) is 27.2 Å². The summed E-state index contributed by atoms with van der Waals surface area (Å²) in [4.78, 5) is 15.0. The molecule has 4 heterocycles. The molecule has 0 spiro atoms. The average molecular weight is 466 g/mol. The van der Waals surface area contributed by atoms with E-state index in [0.717, 1.165) is 63.8 Å². The second-order valence-electron chi connectivity index (χ2n) is 10.2. The molecule has 4 fully saturated rings. The zero-order valence-electron chi connectivity index (χ0n) is 19.1. The van der Waals surface area contributed by atoms with Gasteiger partial charge in [0.25, 0.3) is 16.1 Å². The van der Waals surface area contributed by atoms with Gasteiger partial charge in [-0.15, -0.1) is 0 Å². The van der Waals surface area contributed by atoms with Crippen LogP contribution in [0.1, 0.15) is 80.0 Å². The average Bonchev–Trinajstić information content (AvgIpc) is 3.49. The summed E-state index contributed by atoms with van der Waals surface area (Å²) in [6.45, 7) is 1.85. The van der Waals surface area contributed by atoms with Crippen molar-refractivity contribution < 1.29 is 17.7 Å². The number of hydrogen-bond donors (Lipinski definition) is 1. The first kappa shape index (κ1) is 22.3. The number of rotatable bonds is 6. The molecule has 9 nitrogen and oxygen atoms in total. The standard InChI is InChI=1S/C22H35N5O4S/c1-25-10-8-17(9-11-25)26(2)32(29,30)27-18-4-3-5-19(27)13-16(12-18)23-22(28)20-14-21(31-24-20)15-6-7-15/h14-19H,3-13H2,1-2H3,(H,23,28)/t16?,18-,19+. The van der Waals surface area contributed by atoms with Gasteiger partial charge in [-0.3, -0.25) is 4.79 Å². The molecule has 5 rings (SSSR count). The fraction of sp³-hybridized carbons (Fsp3) is 0.818. The van der Waals surface area contributed by atoms with Crippen LogP contribution in [0.3, 0.4) is 0 Å². The van der Waals surface area contributed by atoms with Crippen LogP contribution in [-0.2, 0) is 10.2 Å². The maximum absolute atomic E-state index is 13.6. The molecule has 1 aromatic rings. The Hall–Kier alpha value is -1.49. The van der Waals surface area contributed by atoms with Crippen LogP contribution in [0, 0.1) is 0 Å². The molecule has 1 N–H and O–H groups in total. The Kier molecular flexibility index (Phi) is 6.06. The minimum Gasteiger partial charge on any atom is -0.360 e. The second-order valence-corrected chi connectivity index (χ2v) is 12.1. The first-order valence-corrected chi connectivity index (χ1v) is 13.4. The fourth-order valence-corrected chi connectivity index (χ4v) is 7.77. The minimum absolute atomic E-state index is 0.0426. The number of nitrogens with zero attached hydrogens (tertiary/aromatic N) is 4. The summed E-state index contributed by atoms with van der Waals surface area (Å²) >= 11 is 0. The Morgan fingerprint density at radius 2 is 1.78 bits per heavy atom. The van der Waals surface area contributed by atoms with Gasteiger partial charge >= 0.3 is 0 Å². The fourth-order valence-electron chi connectivity index (χ4n) is 5.74. The number of amides is 1. The maximum atomic E-state index is 13.6. The summed E-state index contributed by atoms with van der Waals surface area (Å²) in [6, 6.07) is 1.64. The molecule has 10 heteroatoms. The molecule has 178 valence electrons. The number of carbonyl (C=O) groups is 1. The SMILES string of the molecule is CN1CCC(N(C)S(=O)(=O)N2[C@@H]3CCC[C@H]2CC(NC(=O)c2cc(C4CC4)on2)C3)CC1. The third-order valence-corrected chi connectivity index (χ3v) is 9.97. The highest BCUT2D eigenvalue weighted by Crippen LogP contribution is 2.40. The van der Waals surface area contributed by atoms with E-state index < -0.39 is 10.2 Å². The molecular weight excluding hydrogens is 430 g/mol. The lowest BCUT2D eigenvalue weighted by molar-refractivity contribution is 0.0749. The van der Waals surface area contributed by atoms with E-state index in [9.17, 15) is 13.2 Å². The zero-order valence-corrected chi connectivity index (χ0v) is 19.9. The summed E-state index contributed by atoms with van der Waals surface area (Å²) in [7, 11) is 0.297. The van der Waals surface area contributed by atoms with Crippen LogP contribution in [0.25, 0.3) is 0 Å². The van der Waals surface area contributed by atoms with E-state index >= 15 is 0 Å². The van der Waals surface area contributed by atoms with Crippen LogP contribution in [0.2, 0.25) is 0 Å². The lowest BCUT2D eigenvalue weighted by Gasteiger charge is -2.49. The second kappa shape index (κ2) is 8.70. The largest absolute Gasteiger partial charge is 0.360 e. The molecule has 1 unspecified atom stereocenters. The van der Waals surface area contributed by atoms with Crippen LogP contribution in [0.4, 0.5) is 0 Å². The van der Waals surface area contributed by atoms with Crippen LogP contribution in [0.5, 0.6) is 0 Å². The Labute approximate surface area is 190 Å². The predicted octanol–water partition coefficient (Wildman–Crippen LogP) is 1.94. The quantitative estimate of drug-likeness (QED) is 0.689. The third-order valence-electron chi connectivity index (χ3n) is 7.82. The lowest BCUT2D eigenvalue weighted by Crippen LogP contribution is -2.62. The molecule has 3 atom stereocenters. The number of likely N-dealkylation sites (tertiary alicyclic amines) is 1. The van der Waals surface area contributed by atoms with E-state index in [4.69, 9.17) is 4.52 Å². The Balaban J connectivity index is 1.25. The Morgan fingerprint density at radius 3 is 2.41 bits per heavy atom. The number of aromatic nitrogens is 1. The highest BCUT2D eigenvalue weighted by atomic mass is 32.2. The van der Waals surface area contributed by atoms with Crippen molar-refractivity contribution in [2.24, 2.45) is 0 Å². The van der Waals surface area contributed by atoms with E-state index in [-0.39, 0.29) is 30.1 Å². The van der Waals surface area contributed by atoms with Crippen molar-refractivity contribution in [3.05, 3.63) is 17.5 Å². The van der Waals surface area contributed by atoms with Gasteiger partial charge in [0.1, 0.15) is 5.76 Å². The van der Waals surface area contributed by atoms with E-state index in [1.54, 1.807) is 21.7 Å². The topological polar surface area (TPSA) is 99.0 Å².